The highest BCUT2D eigenvalue weighted by atomic mass is 79.9. The van der Waals surface area contributed by atoms with Gasteiger partial charge in [-0.05, 0) is 31.0 Å². The van der Waals surface area contributed by atoms with E-state index in [0.717, 1.165) is 51.9 Å². The number of aromatic nitrogens is 2. The Balaban J connectivity index is 2.46. The molecule has 2 aromatic rings. The average molecular weight is 351 g/mol. The van der Waals surface area contributed by atoms with Crippen molar-refractivity contribution in [2.24, 2.45) is 0 Å². The fourth-order valence-corrected chi connectivity index (χ4v) is 2.91. The fourth-order valence-electron chi connectivity index (χ4n) is 2.50. The molecule has 0 radical (unpaired) electrons. The number of methoxy groups -OCH3 is 1. The van der Waals surface area contributed by atoms with Crippen LogP contribution >= 0.6 is 15.9 Å². The minimum Gasteiger partial charge on any atom is -0.496 e. The van der Waals surface area contributed by atoms with Crippen LogP contribution in [-0.2, 0) is 19.4 Å². The van der Waals surface area contributed by atoms with Crippen molar-refractivity contribution in [1.82, 2.24) is 9.78 Å². The maximum Gasteiger partial charge on any atom is 0.153 e. The third-order valence-corrected chi connectivity index (χ3v) is 4.02. The molecule has 5 heteroatoms. The van der Waals surface area contributed by atoms with Gasteiger partial charge in [-0.3, -0.25) is 9.48 Å². The number of aldehydes is 1. The van der Waals surface area contributed by atoms with E-state index in [-0.39, 0.29) is 0 Å². The molecule has 0 spiro atoms. The Morgan fingerprint density at radius 3 is 2.67 bits per heavy atom. The van der Waals surface area contributed by atoms with E-state index in [2.05, 4.69) is 21.0 Å². The van der Waals surface area contributed by atoms with E-state index in [1.165, 1.54) is 0 Å². The number of halogens is 1. The number of benzene rings is 1. The van der Waals surface area contributed by atoms with E-state index in [1.54, 1.807) is 7.11 Å². The minimum absolute atomic E-state index is 0.590. The standard InChI is InChI=1S/C16H19BrN2O2/c1-4-14-13(10-20)15(5-2)19(18-14)9-11-8-12(17)6-7-16(11)21-3/h6-8,10H,4-5,9H2,1-3H3. The van der Waals surface area contributed by atoms with Crippen molar-refractivity contribution in [3.63, 3.8) is 0 Å². The van der Waals surface area contributed by atoms with Crippen LogP contribution in [0.3, 0.4) is 0 Å². The van der Waals surface area contributed by atoms with Crippen LogP contribution in [0.1, 0.15) is 41.2 Å². The monoisotopic (exact) mass is 350 g/mol. The van der Waals surface area contributed by atoms with Gasteiger partial charge in [0.25, 0.3) is 0 Å². The van der Waals surface area contributed by atoms with Crippen molar-refractivity contribution in [1.29, 1.82) is 0 Å². The van der Waals surface area contributed by atoms with E-state index in [0.29, 0.717) is 6.54 Å². The van der Waals surface area contributed by atoms with Crippen molar-refractivity contribution in [2.75, 3.05) is 7.11 Å². The number of hydrogen-bond donors (Lipinski definition) is 0. The maximum atomic E-state index is 11.3. The molecule has 0 amide bonds. The van der Waals surface area contributed by atoms with Crippen LogP contribution in [0.2, 0.25) is 0 Å². The summed E-state index contributed by atoms with van der Waals surface area (Å²) in [5.74, 6) is 0.821. The Morgan fingerprint density at radius 2 is 2.10 bits per heavy atom. The first kappa shape index (κ1) is 15.8. The summed E-state index contributed by atoms with van der Waals surface area (Å²) >= 11 is 3.48. The van der Waals surface area contributed by atoms with Crippen LogP contribution < -0.4 is 4.74 Å². The van der Waals surface area contributed by atoms with Crippen molar-refractivity contribution in [2.45, 2.75) is 33.2 Å². The molecule has 0 aliphatic carbocycles. The largest absolute Gasteiger partial charge is 0.496 e. The molecule has 112 valence electrons. The van der Waals surface area contributed by atoms with Gasteiger partial charge in [-0.25, -0.2) is 0 Å². The molecule has 0 aliphatic rings. The molecule has 0 unspecified atom stereocenters. The Hall–Kier alpha value is -1.62. The third kappa shape index (κ3) is 3.18. The third-order valence-electron chi connectivity index (χ3n) is 3.52. The van der Waals surface area contributed by atoms with Gasteiger partial charge in [0.05, 0.1) is 24.9 Å². The zero-order chi connectivity index (χ0) is 15.4. The van der Waals surface area contributed by atoms with Gasteiger partial charge in [0.15, 0.2) is 6.29 Å². The predicted octanol–water partition coefficient (Wildman–Crippen LogP) is 3.64. The van der Waals surface area contributed by atoms with Crippen LogP contribution in [-0.4, -0.2) is 23.2 Å². The van der Waals surface area contributed by atoms with Crippen LogP contribution in [0.4, 0.5) is 0 Å². The topological polar surface area (TPSA) is 44.1 Å². The first-order valence-electron chi connectivity index (χ1n) is 7.00. The van der Waals surface area contributed by atoms with Crippen molar-refractivity contribution >= 4 is 22.2 Å². The second-order valence-electron chi connectivity index (χ2n) is 4.75. The van der Waals surface area contributed by atoms with Gasteiger partial charge in [0.1, 0.15) is 5.75 Å². The van der Waals surface area contributed by atoms with Gasteiger partial charge in [-0.2, -0.15) is 5.10 Å². The molecule has 1 heterocycles. The lowest BCUT2D eigenvalue weighted by Gasteiger charge is -2.11. The molecule has 0 saturated carbocycles. The number of hydrogen-bond acceptors (Lipinski definition) is 3. The Bertz CT molecular complexity index is 650. The minimum atomic E-state index is 0.590. The lowest BCUT2D eigenvalue weighted by atomic mass is 10.1. The summed E-state index contributed by atoms with van der Waals surface area (Å²) in [6, 6.07) is 5.89. The Morgan fingerprint density at radius 1 is 1.33 bits per heavy atom. The summed E-state index contributed by atoms with van der Waals surface area (Å²) in [5.41, 5.74) is 3.60. The molecule has 0 aliphatic heterocycles. The summed E-state index contributed by atoms with van der Waals surface area (Å²) < 4.78 is 8.31. The van der Waals surface area contributed by atoms with Crippen LogP contribution in [0.5, 0.6) is 5.75 Å². The van der Waals surface area contributed by atoms with Gasteiger partial charge in [0, 0.05) is 15.7 Å². The van der Waals surface area contributed by atoms with E-state index in [9.17, 15) is 4.79 Å². The molecule has 0 atom stereocenters. The van der Waals surface area contributed by atoms with Crippen molar-refractivity contribution in [3.05, 3.63) is 45.2 Å². The summed E-state index contributed by atoms with van der Waals surface area (Å²) in [7, 11) is 1.66. The van der Waals surface area contributed by atoms with E-state index < -0.39 is 0 Å². The number of carbonyl (C=O) groups is 1. The van der Waals surface area contributed by atoms with Gasteiger partial charge in [-0.15, -0.1) is 0 Å². The van der Waals surface area contributed by atoms with Crippen LogP contribution in [0, 0.1) is 0 Å². The number of ether oxygens (including phenoxy) is 1. The molecule has 21 heavy (non-hydrogen) atoms. The normalized spacial score (nSPS) is 10.7. The zero-order valence-electron chi connectivity index (χ0n) is 12.5. The Labute approximate surface area is 133 Å². The molecule has 4 nitrogen and oxygen atoms in total. The van der Waals surface area contributed by atoms with Crippen LogP contribution in [0.25, 0.3) is 0 Å². The number of nitrogens with zero attached hydrogens (tertiary/aromatic N) is 2. The van der Waals surface area contributed by atoms with E-state index >= 15 is 0 Å². The lowest BCUT2D eigenvalue weighted by molar-refractivity contribution is 0.112. The number of rotatable bonds is 6. The molecule has 0 saturated heterocycles. The summed E-state index contributed by atoms with van der Waals surface area (Å²) in [4.78, 5) is 11.3. The Kier molecular flexibility index (Phi) is 5.17. The molecule has 0 bridgehead atoms. The zero-order valence-corrected chi connectivity index (χ0v) is 14.1. The number of carbonyl (C=O) groups excluding carboxylic acids is 1. The van der Waals surface area contributed by atoms with Gasteiger partial charge >= 0.3 is 0 Å². The molecular formula is C16H19BrN2O2. The van der Waals surface area contributed by atoms with Crippen LogP contribution in [0.15, 0.2) is 22.7 Å². The highest BCUT2D eigenvalue weighted by Crippen LogP contribution is 2.25. The summed E-state index contributed by atoms with van der Waals surface area (Å²) in [6.45, 7) is 4.64. The molecule has 1 aromatic carbocycles. The van der Waals surface area contributed by atoms with E-state index in [4.69, 9.17) is 4.74 Å². The fraction of sp³-hybridized carbons (Fsp3) is 0.375. The molecule has 0 fully saturated rings. The van der Waals surface area contributed by atoms with E-state index in [1.807, 2.05) is 36.7 Å². The average Bonchev–Trinajstić information content (AvgIpc) is 2.84. The smallest absolute Gasteiger partial charge is 0.153 e. The molecule has 1 aromatic heterocycles. The second-order valence-corrected chi connectivity index (χ2v) is 5.66. The quantitative estimate of drug-likeness (QED) is 0.747. The SMILES string of the molecule is CCc1nn(Cc2cc(Br)ccc2OC)c(CC)c1C=O. The molecule has 2 rings (SSSR count). The second kappa shape index (κ2) is 6.89. The highest BCUT2D eigenvalue weighted by molar-refractivity contribution is 9.10. The molecule has 0 N–H and O–H groups in total. The highest BCUT2D eigenvalue weighted by Gasteiger charge is 2.16. The van der Waals surface area contributed by atoms with Gasteiger partial charge in [-0.1, -0.05) is 29.8 Å². The first-order valence-corrected chi connectivity index (χ1v) is 7.80. The lowest BCUT2D eigenvalue weighted by Crippen LogP contribution is -2.08. The number of aryl methyl sites for hydroxylation is 1. The molecular weight excluding hydrogens is 332 g/mol. The van der Waals surface area contributed by atoms with Crippen molar-refractivity contribution in [3.8, 4) is 5.75 Å². The van der Waals surface area contributed by atoms with Gasteiger partial charge < -0.3 is 4.74 Å². The summed E-state index contributed by atoms with van der Waals surface area (Å²) in [5, 5.41) is 4.59. The van der Waals surface area contributed by atoms with Crippen molar-refractivity contribution < 1.29 is 9.53 Å². The van der Waals surface area contributed by atoms with Gasteiger partial charge in [0.2, 0.25) is 0 Å². The summed E-state index contributed by atoms with van der Waals surface area (Å²) in [6.07, 6.45) is 2.44. The first-order chi connectivity index (χ1) is 10.1. The maximum absolute atomic E-state index is 11.3. The predicted molar refractivity (Wildman–Crippen MR) is 86.2 cm³/mol.